The summed E-state index contributed by atoms with van der Waals surface area (Å²) in [6.45, 7) is -0.323. The summed E-state index contributed by atoms with van der Waals surface area (Å²) in [7, 11) is 0. The summed E-state index contributed by atoms with van der Waals surface area (Å²) >= 11 is 3.32. The quantitative estimate of drug-likeness (QED) is 0.646. The molecule has 1 aromatic carbocycles. The van der Waals surface area contributed by atoms with Crippen LogP contribution in [0.25, 0.3) is 0 Å². The number of aliphatic hydroxyl groups excluding tert-OH is 3. The molecule has 1 aromatic rings. The Morgan fingerprint density at radius 3 is 2.35 bits per heavy atom. The van der Waals surface area contributed by atoms with E-state index < -0.39 is 24.5 Å². The number of hydrogen-bond acceptors (Lipinski definition) is 5. The van der Waals surface area contributed by atoms with Crippen LogP contribution in [0.15, 0.2) is 28.7 Å². The molecule has 17 heavy (non-hydrogen) atoms. The van der Waals surface area contributed by atoms with E-state index >= 15 is 0 Å². The monoisotopic (exact) mass is 303 g/mol. The minimum atomic E-state index is -1.08. The van der Waals surface area contributed by atoms with Crippen molar-refractivity contribution in [2.75, 3.05) is 11.9 Å². The van der Waals surface area contributed by atoms with Crippen LogP contribution in [0.4, 0.5) is 5.69 Å². The smallest absolute Gasteiger partial charge is 0.157 e. The Morgan fingerprint density at radius 1 is 1.18 bits per heavy atom. The molecule has 0 aliphatic carbocycles. The third-order valence-electron chi connectivity index (χ3n) is 2.70. The lowest BCUT2D eigenvalue weighted by Crippen LogP contribution is -2.36. The molecule has 1 aliphatic rings. The molecule has 0 saturated carbocycles. The summed E-state index contributed by atoms with van der Waals surface area (Å²) in [5.74, 6) is 0. The summed E-state index contributed by atoms with van der Waals surface area (Å²) in [6.07, 6.45) is -3.61. The lowest BCUT2D eigenvalue weighted by molar-refractivity contribution is -0.0153. The highest BCUT2D eigenvalue weighted by Crippen LogP contribution is 2.23. The van der Waals surface area contributed by atoms with Gasteiger partial charge in [-0.15, -0.1) is 0 Å². The van der Waals surface area contributed by atoms with Gasteiger partial charge in [0, 0.05) is 10.2 Å². The third kappa shape index (κ3) is 2.78. The molecule has 1 heterocycles. The fraction of sp³-hybridized carbons (Fsp3) is 0.455. The lowest BCUT2D eigenvalue weighted by atomic mass is 10.1. The van der Waals surface area contributed by atoms with Gasteiger partial charge in [0.2, 0.25) is 0 Å². The Labute approximate surface area is 107 Å². The molecule has 5 nitrogen and oxygen atoms in total. The van der Waals surface area contributed by atoms with E-state index in [1.165, 1.54) is 0 Å². The average Bonchev–Trinajstić information content (AvgIpc) is 2.60. The van der Waals surface area contributed by atoms with Gasteiger partial charge in [0.1, 0.15) is 18.3 Å². The van der Waals surface area contributed by atoms with Crippen LogP contribution in [0.2, 0.25) is 0 Å². The van der Waals surface area contributed by atoms with E-state index in [2.05, 4.69) is 21.2 Å². The van der Waals surface area contributed by atoms with E-state index in [1.807, 2.05) is 24.3 Å². The van der Waals surface area contributed by atoms with Crippen molar-refractivity contribution in [2.24, 2.45) is 0 Å². The summed E-state index contributed by atoms with van der Waals surface area (Å²) in [5.41, 5.74) is 0.767. The van der Waals surface area contributed by atoms with Gasteiger partial charge >= 0.3 is 0 Å². The van der Waals surface area contributed by atoms with Gasteiger partial charge in [-0.1, -0.05) is 15.9 Å². The molecule has 0 unspecified atom stereocenters. The van der Waals surface area contributed by atoms with E-state index in [-0.39, 0.29) is 6.61 Å². The van der Waals surface area contributed by atoms with Gasteiger partial charge < -0.3 is 25.4 Å². The molecule has 0 bridgehead atoms. The molecule has 0 spiro atoms. The second-order valence-electron chi connectivity index (χ2n) is 3.91. The van der Waals surface area contributed by atoms with Crippen molar-refractivity contribution < 1.29 is 20.1 Å². The maximum atomic E-state index is 9.72. The molecule has 0 aromatic heterocycles. The van der Waals surface area contributed by atoms with E-state index in [4.69, 9.17) is 9.84 Å². The first-order valence-electron chi connectivity index (χ1n) is 5.26. The summed E-state index contributed by atoms with van der Waals surface area (Å²) < 4.78 is 6.24. The fourth-order valence-electron chi connectivity index (χ4n) is 1.73. The average molecular weight is 304 g/mol. The van der Waals surface area contributed by atoms with Gasteiger partial charge in [-0.2, -0.15) is 0 Å². The molecule has 0 amide bonds. The number of hydrogen-bond donors (Lipinski definition) is 4. The molecule has 94 valence electrons. The van der Waals surface area contributed by atoms with Gasteiger partial charge in [0.15, 0.2) is 6.23 Å². The highest BCUT2D eigenvalue weighted by Gasteiger charge is 2.42. The molecule has 2 rings (SSSR count). The Bertz CT molecular complexity index is 372. The first-order valence-corrected chi connectivity index (χ1v) is 6.05. The number of rotatable bonds is 3. The zero-order valence-corrected chi connectivity index (χ0v) is 10.5. The van der Waals surface area contributed by atoms with E-state index in [9.17, 15) is 10.2 Å². The van der Waals surface area contributed by atoms with Crippen molar-refractivity contribution in [3.05, 3.63) is 28.7 Å². The lowest BCUT2D eigenvalue weighted by Gasteiger charge is -2.17. The zero-order valence-electron chi connectivity index (χ0n) is 8.95. The van der Waals surface area contributed by atoms with Crippen LogP contribution in [-0.2, 0) is 4.74 Å². The number of ether oxygens (including phenoxy) is 1. The summed E-state index contributed by atoms with van der Waals surface area (Å²) in [6, 6.07) is 7.34. The Hall–Kier alpha value is -0.660. The topological polar surface area (TPSA) is 82.0 Å². The maximum Gasteiger partial charge on any atom is 0.157 e. The van der Waals surface area contributed by atoms with Gasteiger partial charge in [-0.25, -0.2) is 0 Å². The highest BCUT2D eigenvalue weighted by molar-refractivity contribution is 9.10. The van der Waals surface area contributed by atoms with Crippen LogP contribution >= 0.6 is 15.9 Å². The molecular formula is C11H14BrNO4. The number of benzene rings is 1. The van der Waals surface area contributed by atoms with Crippen LogP contribution < -0.4 is 5.32 Å². The highest BCUT2D eigenvalue weighted by atomic mass is 79.9. The predicted molar refractivity (Wildman–Crippen MR) is 65.5 cm³/mol. The molecule has 4 atom stereocenters. The van der Waals surface area contributed by atoms with Crippen molar-refractivity contribution in [1.82, 2.24) is 0 Å². The maximum absolute atomic E-state index is 9.72. The fourth-order valence-corrected chi connectivity index (χ4v) is 1.99. The Kier molecular flexibility index (Phi) is 4.01. The van der Waals surface area contributed by atoms with Crippen molar-refractivity contribution in [2.45, 2.75) is 24.5 Å². The van der Waals surface area contributed by atoms with E-state index in [0.29, 0.717) is 0 Å². The second-order valence-corrected chi connectivity index (χ2v) is 4.83. The standard InChI is InChI=1S/C11H14BrNO4/c12-6-1-3-7(4-2-6)13-11-10(16)9(15)8(5-14)17-11/h1-4,8-11,13-16H,5H2/t8-,9+,10-,11-/m0/s1. The molecule has 1 fully saturated rings. The van der Waals surface area contributed by atoms with Gasteiger partial charge in [-0.05, 0) is 24.3 Å². The van der Waals surface area contributed by atoms with Crippen LogP contribution in [0, 0.1) is 0 Å². The van der Waals surface area contributed by atoms with Gasteiger partial charge in [0.05, 0.1) is 6.61 Å². The van der Waals surface area contributed by atoms with Crippen LogP contribution in [0.5, 0.6) is 0 Å². The molecule has 1 aliphatic heterocycles. The second kappa shape index (κ2) is 5.32. The van der Waals surface area contributed by atoms with Crippen molar-refractivity contribution in [3.63, 3.8) is 0 Å². The number of aliphatic hydroxyl groups is 3. The Morgan fingerprint density at radius 2 is 1.82 bits per heavy atom. The van der Waals surface area contributed by atoms with Crippen molar-refractivity contribution in [3.8, 4) is 0 Å². The van der Waals surface area contributed by atoms with Crippen LogP contribution in [-0.4, -0.2) is 46.5 Å². The number of nitrogens with one attached hydrogen (secondary N) is 1. The van der Waals surface area contributed by atoms with Crippen LogP contribution in [0.1, 0.15) is 0 Å². The minimum absolute atomic E-state index is 0.323. The number of anilines is 1. The molecule has 1 saturated heterocycles. The first kappa shape index (κ1) is 12.8. The van der Waals surface area contributed by atoms with Gasteiger partial charge in [-0.3, -0.25) is 0 Å². The summed E-state index contributed by atoms with van der Waals surface area (Å²) in [5, 5.41) is 31.2. The Balaban J connectivity index is 2.02. The van der Waals surface area contributed by atoms with Crippen molar-refractivity contribution in [1.29, 1.82) is 0 Å². The van der Waals surface area contributed by atoms with E-state index in [0.717, 1.165) is 10.2 Å². The molecular weight excluding hydrogens is 290 g/mol. The third-order valence-corrected chi connectivity index (χ3v) is 3.22. The zero-order chi connectivity index (χ0) is 12.4. The number of halogens is 1. The normalized spacial score (nSPS) is 32.7. The van der Waals surface area contributed by atoms with Crippen LogP contribution in [0.3, 0.4) is 0 Å². The van der Waals surface area contributed by atoms with E-state index in [1.54, 1.807) is 0 Å². The molecule has 6 heteroatoms. The van der Waals surface area contributed by atoms with Crippen molar-refractivity contribution >= 4 is 21.6 Å². The first-order chi connectivity index (χ1) is 8.11. The molecule has 0 radical (unpaired) electrons. The van der Waals surface area contributed by atoms with Gasteiger partial charge in [0.25, 0.3) is 0 Å². The largest absolute Gasteiger partial charge is 0.394 e. The molecule has 4 N–H and O–H groups in total. The summed E-state index contributed by atoms with van der Waals surface area (Å²) in [4.78, 5) is 0. The predicted octanol–water partition coefficient (Wildman–Crippen LogP) is 0.300. The SMILES string of the molecule is OC[C@@H]1O[C@H](Nc2ccc(Br)cc2)[C@@H](O)[C@@H]1O. The minimum Gasteiger partial charge on any atom is -0.394 e.